The van der Waals surface area contributed by atoms with E-state index < -0.39 is 0 Å². The van der Waals surface area contributed by atoms with Crippen molar-refractivity contribution in [3.8, 4) is 0 Å². The minimum Gasteiger partial charge on any atom is -0.359 e. The van der Waals surface area contributed by atoms with E-state index in [1.807, 2.05) is 12.3 Å². The van der Waals surface area contributed by atoms with Crippen LogP contribution in [0.1, 0.15) is 32.3 Å². The van der Waals surface area contributed by atoms with Crippen LogP contribution in [0.15, 0.2) is 94.3 Å². The van der Waals surface area contributed by atoms with Gasteiger partial charge in [0.25, 0.3) is 0 Å². The average molecular weight is 328 g/mol. The largest absolute Gasteiger partial charge is 0.359 e. The van der Waals surface area contributed by atoms with Crippen LogP contribution in [0.3, 0.4) is 0 Å². The first-order chi connectivity index (χ1) is 12.1. The van der Waals surface area contributed by atoms with E-state index in [-0.39, 0.29) is 5.54 Å². The van der Waals surface area contributed by atoms with Gasteiger partial charge in [0.1, 0.15) is 5.54 Å². The Kier molecular flexibility index (Phi) is 3.84. The van der Waals surface area contributed by atoms with Crippen molar-refractivity contribution in [2.45, 2.75) is 32.2 Å². The normalized spacial score (nSPS) is 29.7. The number of hydrogen-bond donors (Lipinski definition) is 1. The lowest BCUT2D eigenvalue weighted by Crippen LogP contribution is -2.44. The monoisotopic (exact) mass is 328 g/mol. The molecule has 0 saturated heterocycles. The van der Waals surface area contributed by atoms with E-state index in [9.17, 15) is 0 Å². The van der Waals surface area contributed by atoms with E-state index in [2.05, 4.69) is 74.3 Å². The maximum Gasteiger partial charge on any atom is 0.113 e. The van der Waals surface area contributed by atoms with Crippen LogP contribution in [-0.4, -0.2) is 11.8 Å². The number of rotatable bonds is 2. The maximum absolute atomic E-state index is 5.20. The van der Waals surface area contributed by atoms with Gasteiger partial charge in [-0.15, -0.1) is 0 Å². The first-order valence-corrected chi connectivity index (χ1v) is 8.94. The Morgan fingerprint density at radius 3 is 2.80 bits per heavy atom. The molecule has 2 aliphatic carbocycles. The Labute approximate surface area is 150 Å². The van der Waals surface area contributed by atoms with Gasteiger partial charge < -0.3 is 5.32 Å². The third kappa shape index (κ3) is 2.62. The van der Waals surface area contributed by atoms with Crippen LogP contribution in [0.25, 0.3) is 0 Å². The minimum atomic E-state index is -0.300. The van der Waals surface area contributed by atoms with Gasteiger partial charge in [-0.05, 0) is 37.5 Å². The summed E-state index contributed by atoms with van der Waals surface area (Å²) in [5, 5.41) is 3.50. The number of nitrogens with one attached hydrogen (secondary N) is 1. The highest BCUT2D eigenvalue weighted by atomic mass is 15.0. The molecule has 2 heteroatoms. The van der Waals surface area contributed by atoms with Crippen molar-refractivity contribution in [2.24, 2.45) is 10.9 Å². The van der Waals surface area contributed by atoms with Crippen molar-refractivity contribution in [1.29, 1.82) is 0 Å². The maximum atomic E-state index is 5.20. The van der Waals surface area contributed by atoms with E-state index in [1.165, 1.54) is 22.4 Å². The molecule has 126 valence electrons. The number of dihydropyridines is 1. The molecule has 2 atom stereocenters. The third-order valence-corrected chi connectivity index (χ3v) is 5.40. The van der Waals surface area contributed by atoms with Crippen molar-refractivity contribution in [3.63, 3.8) is 0 Å². The van der Waals surface area contributed by atoms with E-state index in [0.717, 1.165) is 24.1 Å². The van der Waals surface area contributed by atoms with Gasteiger partial charge in [-0.2, -0.15) is 0 Å². The van der Waals surface area contributed by atoms with Crippen molar-refractivity contribution >= 4 is 6.21 Å². The van der Waals surface area contributed by atoms with E-state index in [4.69, 9.17) is 4.99 Å². The van der Waals surface area contributed by atoms with Gasteiger partial charge in [0, 0.05) is 35.5 Å². The smallest absolute Gasteiger partial charge is 0.113 e. The van der Waals surface area contributed by atoms with Gasteiger partial charge in [-0.25, -0.2) is 0 Å². The van der Waals surface area contributed by atoms with Crippen LogP contribution in [0.2, 0.25) is 0 Å². The van der Waals surface area contributed by atoms with Gasteiger partial charge in [-0.1, -0.05) is 60.7 Å². The summed E-state index contributed by atoms with van der Waals surface area (Å²) in [5.74, 6) is 0.414. The van der Waals surface area contributed by atoms with Gasteiger partial charge in [0.05, 0.1) is 0 Å². The summed E-state index contributed by atoms with van der Waals surface area (Å²) in [4.78, 5) is 5.20. The fourth-order valence-electron chi connectivity index (χ4n) is 4.45. The van der Waals surface area contributed by atoms with Gasteiger partial charge in [0.2, 0.25) is 0 Å². The van der Waals surface area contributed by atoms with Gasteiger partial charge in [0.15, 0.2) is 0 Å². The molecule has 25 heavy (non-hydrogen) atoms. The highest BCUT2D eigenvalue weighted by Crippen LogP contribution is 2.52. The van der Waals surface area contributed by atoms with Crippen molar-refractivity contribution in [2.75, 3.05) is 0 Å². The Balaban J connectivity index is 1.88. The summed E-state index contributed by atoms with van der Waals surface area (Å²) < 4.78 is 0. The number of aliphatic imine (C=N–C) groups is 1. The second-order valence-electron chi connectivity index (χ2n) is 7.15. The first kappa shape index (κ1) is 15.9. The summed E-state index contributed by atoms with van der Waals surface area (Å²) >= 11 is 0. The number of fused-ring (bicyclic) bond motifs is 3. The second kappa shape index (κ2) is 6.03. The average Bonchev–Trinajstić information content (AvgIpc) is 2.60. The van der Waals surface area contributed by atoms with Crippen LogP contribution in [0, 0.1) is 5.92 Å². The quantitative estimate of drug-likeness (QED) is 0.593. The Morgan fingerprint density at radius 1 is 1.24 bits per heavy atom. The molecule has 0 aromatic heterocycles. The van der Waals surface area contributed by atoms with Crippen LogP contribution < -0.4 is 5.32 Å². The van der Waals surface area contributed by atoms with Crippen molar-refractivity contribution in [1.82, 2.24) is 5.32 Å². The molecule has 3 aliphatic rings. The summed E-state index contributed by atoms with van der Waals surface area (Å²) in [6.07, 6.45) is 12.9. The molecule has 2 nitrogen and oxygen atoms in total. The topological polar surface area (TPSA) is 24.4 Å². The van der Waals surface area contributed by atoms with Crippen molar-refractivity contribution < 1.29 is 0 Å². The molecule has 1 N–H and O–H groups in total. The molecular formula is C23H24N2. The molecule has 0 radical (unpaired) electrons. The predicted octanol–water partition coefficient (Wildman–Crippen LogP) is 5.09. The summed E-state index contributed by atoms with van der Waals surface area (Å²) in [7, 11) is 0. The van der Waals surface area contributed by atoms with Crippen LogP contribution in [0.4, 0.5) is 0 Å². The van der Waals surface area contributed by atoms with E-state index in [1.54, 1.807) is 0 Å². The molecule has 4 rings (SSSR count). The highest BCUT2D eigenvalue weighted by molar-refractivity contribution is 5.81. The molecule has 2 unspecified atom stereocenters. The Bertz CT molecular complexity index is 865. The molecule has 1 heterocycles. The Morgan fingerprint density at radius 2 is 2.04 bits per heavy atom. The van der Waals surface area contributed by atoms with Crippen LogP contribution >= 0.6 is 0 Å². The standard InChI is InChI=1S/C23H24N2/c1-4-20-19-12-16(2)14-23(20,24-15-18-8-6-5-7-9-18)21-11-10-17(3)25-22(21)13-19/h4-12,15,19,25H,3,13-14H2,1-2H3/b20-4+,24-15+. The van der Waals surface area contributed by atoms with E-state index in [0.29, 0.717) is 5.92 Å². The lowest BCUT2D eigenvalue weighted by molar-refractivity contribution is 0.453. The summed E-state index contributed by atoms with van der Waals surface area (Å²) in [5.41, 5.74) is 7.21. The molecule has 0 spiro atoms. The molecule has 1 aromatic rings. The lowest BCUT2D eigenvalue weighted by Gasteiger charge is -2.47. The number of benzene rings is 1. The SMILES string of the molecule is C=C1C=CC2=C(CC3C=C(C)CC2(/N=C/c2ccccc2)/C3=C/C)N1. The lowest BCUT2D eigenvalue weighted by atomic mass is 9.62. The number of hydrogen-bond acceptors (Lipinski definition) is 2. The number of allylic oxidation sites excluding steroid dienone is 4. The molecule has 2 bridgehead atoms. The zero-order chi connectivity index (χ0) is 17.4. The molecule has 1 aliphatic heterocycles. The zero-order valence-electron chi connectivity index (χ0n) is 14.9. The molecule has 1 aromatic carbocycles. The Hall–Kier alpha value is -2.61. The number of nitrogens with zero attached hydrogens (tertiary/aromatic N) is 1. The van der Waals surface area contributed by atoms with Crippen LogP contribution in [-0.2, 0) is 0 Å². The first-order valence-electron chi connectivity index (χ1n) is 8.94. The molecular weight excluding hydrogens is 304 g/mol. The second-order valence-corrected chi connectivity index (χ2v) is 7.15. The zero-order valence-corrected chi connectivity index (χ0v) is 14.9. The van der Waals surface area contributed by atoms with Gasteiger partial charge >= 0.3 is 0 Å². The highest BCUT2D eigenvalue weighted by Gasteiger charge is 2.47. The fourth-order valence-corrected chi connectivity index (χ4v) is 4.45. The predicted molar refractivity (Wildman–Crippen MR) is 105 cm³/mol. The molecule has 0 saturated carbocycles. The minimum absolute atomic E-state index is 0.300. The van der Waals surface area contributed by atoms with Crippen LogP contribution in [0.5, 0.6) is 0 Å². The summed E-state index contributed by atoms with van der Waals surface area (Å²) in [6, 6.07) is 10.4. The fraction of sp³-hybridized carbons (Fsp3) is 0.261. The van der Waals surface area contributed by atoms with Gasteiger partial charge in [-0.3, -0.25) is 4.99 Å². The summed E-state index contributed by atoms with van der Waals surface area (Å²) in [6.45, 7) is 8.45. The van der Waals surface area contributed by atoms with E-state index >= 15 is 0 Å². The molecule has 0 amide bonds. The third-order valence-electron chi connectivity index (χ3n) is 5.40. The van der Waals surface area contributed by atoms with Crippen molar-refractivity contribution in [3.05, 3.63) is 94.9 Å². The molecule has 0 fully saturated rings.